The number of hydrazone groups is 1. The van der Waals surface area contributed by atoms with Crippen LogP contribution in [0.3, 0.4) is 0 Å². The summed E-state index contributed by atoms with van der Waals surface area (Å²) in [6.07, 6.45) is -0.512. The first-order chi connectivity index (χ1) is 16.2. The number of amidine groups is 1. The molecule has 9 heteroatoms. The highest BCUT2D eigenvalue weighted by Gasteiger charge is 2.35. The number of rotatable bonds is 3. The third-order valence-corrected chi connectivity index (χ3v) is 6.69. The molecule has 3 aromatic carbocycles. The van der Waals surface area contributed by atoms with Crippen molar-refractivity contribution in [2.45, 2.75) is 11.9 Å². The molecule has 0 aliphatic carbocycles. The van der Waals surface area contributed by atoms with Crippen molar-refractivity contribution in [2.24, 2.45) is 10.1 Å². The van der Waals surface area contributed by atoms with E-state index in [-0.39, 0.29) is 12.7 Å². The first-order valence-corrected chi connectivity index (χ1v) is 11.7. The van der Waals surface area contributed by atoms with Gasteiger partial charge in [-0.05, 0) is 35.9 Å². The minimum absolute atomic E-state index is 0.191. The maximum atomic E-state index is 13.2. The lowest BCUT2D eigenvalue weighted by Crippen LogP contribution is -2.50. The van der Waals surface area contributed by atoms with E-state index in [1.807, 2.05) is 66.7 Å². The van der Waals surface area contributed by atoms with Crippen LogP contribution in [0.4, 0.5) is 0 Å². The Morgan fingerprint density at radius 2 is 1.88 bits per heavy atom. The molecule has 1 amide bonds. The molecule has 0 spiro atoms. The average Bonchev–Trinajstić information content (AvgIpc) is 3.31. The summed E-state index contributed by atoms with van der Waals surface area (Å²) in [5, 5.41) is 12.1. The molecule has 0 bridgehead atoms. The van der Waals surface area contributed by atoms with Gasteiger partial charge in [0, 0.05) is 21.6 Å². The second-order valence-corrected chi connectivity index (χ2v) is 9.00. The van der Waals surface area contributed by atoms with E-state index in [0.717, 1.165) is 21.7 Å². The minimum atomic E-state index is -0.512. The number of nitrogens with one attached hydrogen (secondary N) is 1. The smallest absolute Gasteiger partial charge is 0.276 e. The van der Waals surface area contributed by atoms with Crippen LogP contribution in [0.5, 0.6) is 11.5 Å². The molecule has 33 heavy (non-hydrogen) atoms. The number of thioether (sulfide) groups is 1. The molecular weight excluding hydrogens is 460 g/mol. The summed E-state index contributed by atoms with van der Waals surface area (Å²) in [5.41, 5.74) is 2.41. The van der Waals surface area contributed by atoms with Crippen molar-refractivity contribution in [1.82, 2.24) is 10.3 Å². The van der Waals surface area contributed by atoms with Crippen molar-refractivity contribution in [2.75, 3.05) is 6.79 Å². The Bertz CT molecular complexity index is 1420. The van der Waals surface area contributed by atoms with E-state index in [2.05, 4.69) is 5.32 Å². The summed E-state index contributed by atoms with van der Waals surface area (Å²) in [5.74, 6) is 1.78. The lowest BCUT2D eigenvalue weighted by atomic mass is 10.1. The zero-order chi connectivity index (χ0) is 22.4. The summed E-state index contributed by atoms with van der Waals surface area (Å²) in [6.45, 7) is 0.191. The highest BCUT2D eigenvalue weighted by atomic mass is 35.5. The van der Waals surface area contributed by atoms with Crippen LogP contribution in [0.25, 0.3) is 5.70 Å². The SMILES string of the molecule is O=C1NC(SCc2ccc(Cl)cc2)=NN2C1=c1ccccc1=N[C@H]2c1ccc2c(c1)OCO2. The van der Waals surface area contributed by atoms with Gasteiger partial charge in [0.05, 0.1) is 5.36 Å². The van der Waals surface area contributed by atoms with Crippen LogP contribution in [0, 0.1) is 0 Å². The number of benzene rings is 3. The predicted molar refractivity (Wildman–Crippen MR) is 126 cm³/mol. The lowest BCUT2D eigenvalue weighted by Gasteiger charge is -2.34. The Labute approximate surface area is 198 Å². The second kappa shape index (κ2) is 8.13. The zero-order valence-electron chi connectivity index (χ0n) is 17.2. The Morgan fingerprint density at radius 3 is 2.76 bits per heavy atom. The quantitative estimate of drug-likeness (QED) is 0.628. The summed E-state index contributed by atoms with van der Waals surface area (Å²) in [7, 11) is 0. The van der Waals surface area contributed by atoms with Crippen LogP contribution in [0.1, 0.15) is 17.3 Å². The number of para-hydroxylation sites is 1. The maximum Gasteiger partial charge on any atom is 0.276 e. The molecule has 1 atom stereocenters. The Hall–Kier alpha value is -3.49. The molecule has 3 heterocycles. The van der Waals surface area contributed by atoms with E-state index < -0.39 is 6.17 Å². The maximum absolute atomic E-state index is 13.2. The van der Waals surface area contributed by atoms with E-state index in [9.17, 15) is 4.79 Å². The second-order valence-electron chi connectivity index (χ2n) is 7.60. The van der Waals surface area contributed by atoms with Gasteiger partial charge in [-0.2, -0.15) is 0 Å². The standard InChI is InChI=1S/C24H17ClN4O3S/c25-16-8-5-14(6-9-16)12-33-24-27-23(30)21-17-3-1-2-4-18(17)26-22(29(21)28-24)15-7-10-19-20(11-15)32-13-31-19/h1-11,22H,12-13H2,(H,27,28,30)/t22-/m1/s1. The van der Waals surface area contributed by atoms with Gasteiger partial charge in [-0.25, -0.2) is 5.01 Å². The fourth-order valence-corrected chi connectivity index (χ4v) is 4.85. The molecule has 6 rings (SSSR count). The van der Waals surface area contributed by atoms with Crippen molar-refractivity contribution in [3.63, 3.8) is 0 Å². The monoisotopic (exact) mass is 476 g/mol. The van der Waals surface area contributed by atoms with Gasteiger partial charge in [0.1, 0.15) is 5.70 Å². The van der Waals surface area contributed by atoms with E-state index in [1.165, 1.54) is 11.8 Å². The van der Waals surface area contributed by atoms with Crippen LogP contribution < -0.4 is 25.4 Å². The number of carbonyl (C=O) groups is 1. The number of ether oxygens (including phenoxy) is 2. The number of fused-ring (bicyclic) bond motifs is 3. The van der Waals surface area contributed by atoms with Gasteiger partial charge < -0.3 is 9.47 Å². The Kier molecular flexibility index (Phi) is 4.96. The van der Waals surface area contributed by atoms with Gasteiger partial charge in [-0.15, -0.1) is 5.10 Å². The minimum Gasteiger partial charge on any atom is -0.454 e. The van der Waals surface area contributed by atoms with E-state index in [4.69, 9.17) is 31.2 Å². The van der Waals surface area contributed by atoms with Crippen LogP contribution in [-0.4, -0.2) is 22.9 Å². The number of hydrogen-bond donors (Lipinski definition) is 1. The molecular formula is C24H17ClN4O3S. The molecule has 0 unspecified atom stereocenters. The Morgan fingerprint density at radius 1 is 1.06 bits per heavy atom. The lowest BCUT2D eigenvalue weighted by molar-refractivity contribution is -0.116. The van der Waals surface area contributed by atoms with Gasteiger partial charge in [0.15, 0.2) is 22.8 Å². The van der Waals surface area contributed by atoms with Crippen LogP contribution >= 0.6 is 23.4 Å². The fraction of sp³-hybridized carbons (Fsp3) is 0.125. The molecule has 164 valence electrons. The average molecular weight is 477 g/mol. The molecule has 3 aliphatic rings. The topological polar surface area (TPSA) is 75.5 Å². The van der Waals surface area contributed by atoms with E-state index >= 15 is 0 Å². The Balaban J connectivity index is 1.40. The summed E-state index contributed by atoms with van der Waals surface area (Å²) >= 11 is 7.43. The highest BCUT2D eigenvalue weighted by molar-refractivity contribution is 8.13. The third-order valence-electron chi connectivity index (χ3n) is 5.50. The number of carbonyl (C=O) groups excluding carboxylic acids is 1. The largest absolute Gasteiger partial charge is 0.454 e. The molecule has 3 aromatic rings. The van der Waals surface area contributed by atoms with Gasteiger partial charge in [0.25, 0.3) is 5.91 Å². The van der Waals surface area contributed by atoms with Crippen LogP contribution in [-0.2, 0) is 10.5 Å². The first-order valence-electron chi connectivity index (χ1n) is 10.3. The van der Waals surface area contributed by atoms with Crippen LogP contribution in [0.15, 0.2) is 76.8 Å². The van der Waals surface area contributed by atoms with E-state index in [0.29, 0.717) is 33.1 Å². The summed E-state index contributed by atoms with van der Waals surface area (Å²) < 4.78 is 11.0. The number of halogens is 1. The van der Waals surface area contributed by atoms with Crippen molar-refractivity contribution in [3.05, 3.63) is 93.5 Å². The van der Waals surface area contributed by atoms with E-state index in [1.54, 1.807) is 5.01 Å². The summed E-state index contributed by atoms with van der Waals surface area (Å²) in [4.78, 5) is 18.2. The molecule has 3 aliphatic heterocycles. The molecule has 0 saturated heterocycles. The highest BCUT2D eigenvalue weighted by Crippen LogP contribution is 2.38. The van der Waals surface area contributed by atoms with Gasteiger partial charge in [-0.3, -0.25) is 15.1 Å². The number of amides is 1. The fourth-order valence-electron chi connectivity index (χ4n) is 3.92. The normalized spacial score (nSPS) is 18.2. The molecule has 0 radical (unpaired) electrons. The van der Waals surface area contributed by atoms with Crippen LogP contribution in [0.2, 0.25) is 5.02 Å². The predicted octanol–water partition coefficient (Wildman–Crippen LogP) is 3.15. The molecule has 0 aromatic heterocycles. The van der Waals surface area contributed by atoms with Crippen molar-refractivity contribution < 1.29 is 14.3 Å². The summed E-state index contributed by atoms with van der Waals surface area (Å²) in [6, 6.07) is 20.9. The zero-order valence-corrected chi connectivity index (χ0v) is 18.8. The van der Waals surface area contributed by atoms with Gasteiger partial charge >= 0.3 is 0 Å². The molecule has 7 nitrogen and oxygen atoms in total. The first kappa shape index (κ1) is 20.1. The third kappa shape index (κ3) is 3.71. The van der Waals surface area contributed by atoms with Gasteiger partial charge in [-0.1, -0.05) is 59.8 Å². The van der Waals surface area contributed by atoms with Crippen molar-refractivity contribution >= 4 is 40.1 Å². The van der Waals surface area contributed by atoms with Crippen molar-refractivity contribution in [1.29, 1.82) is 0 Å². The molecule has 0 fully saturated rings. The van der Waals surface area contributed by atoms with Gasteiger partial charge in [0.2, 0.25) is 6.79 Å². The van der Waals surface area contributed by atoms with Crippen molar-refractivity contribution in [3.8, 4) is 11.5 Å². The number of hydrogen-bond acceptors (Lipinski definition) is 7. The molecule has 1 N–H and O–H groups in total. The molecule has 0 saturated carbocycles. The number of nitrogens with zero attached hydrogens (tertiary/aromatic N) is 3.